The first-order valence-electron chi connectivity index (χ1n) is 12.3. The minimum atomic E-state index is -1.35. The first-order valence-corrected chi connectivity index (χ1v) is 13.2. The molecule has 2 aliphatic rings. The van der Waals surface area contributed by atoms with Crippen LogP contribution < -0.4 is 0 Å². The van der Waals surface area contributed by atoms with Gasteiger partial charge in [0.2, 0.25) is 0 Å². The third kappa shape index (κ3) is 6.56. The van der Waals surface area contributed by atoms with E-state index in [1.54, 1.807) is 26.2 Å². The summed E-state index contributed by atoms with van der Waals surface area (Å²) < 4.78 is 26.7. The van der Waals surface area contributed by atoms with Gasteiger partial charge >= 0.3 is 5.97 Å². The number of carbonyl (C=O) groups excluding carboxylic acids is 2. The Morgan fingerprint density at radius 3 is 2.57 bits per heavy atom. The van der Waals surface area contributed by atoms with E-state index in [9.17, 15) is 19.8 Å². The minimum Gasteiger partial charge on any atom is -0.455 e. The topological polar surface area (TPSA) is 109 Å². The number of halogens is 1. The third-order valence-electron chi connectivity index (χ3n) is 7.64. The van der Waals surface area contributed by atoms with Crippen LogP contribution in [0.1, 0.15) is 77.4 Å². The van der Waals surface area contributed by atoms with Gasteiger partial charge in [0, 0.05) is 17.7 Å². The van der Waals surface area contributed by atoms with E-state index in [2.05, 4.69) is 4.98 Å². The van der Waals surface area contributed by atoms with Gasteiger partial charge in [-0.05, 0) is 38.7 Å². The molecule has 9 heteroatoms. The van der Waals surface area contributed by atoms with E-state index >= 15 is 4.39 Å². The summed E-state index contributed by atoms with van der Waals surface area (Å²) in [6.45, 7) is 10.4. The van der Waals surface area contributed by atoms with Gasteiger partial charge in [0.25, 0.3) is 0 Å². The van der Waals surface area contributed by atoms with Crippen LogP contribution in [-0.4, -0.2) is 57.0 Å². The standard InChI is InChI=1S/C26H38FNO6S/c1-14-8-7-9-26(6)21(34-26)11-19(18(27)10-17-13-35-16(3)28-17)33-22(30)12-20(29)25(4,5)24(32)15(2)23(14)31/h10,13-15,19-21,23,29,31H,7-9,11-12H2,1-6H3/b18-10-/t14-,15+,19?,20-,21+,23-,26?/m0/s1. The van der Waals surface area contributed by atoms with Crippen LogP contribution in [0.2, 0.25) is 0 Å². The summed E-state index contributed by atoms with van der Waals surface area (Å²) in [5, 5.41) is 24.1. The number of ketones is 1. The van der Waals surface area contributed by atoms with Crippen molar-refractivity contribution in [2.45, 2.75) is 104 Å². The quantitative estimate of drug-likeness (QED) is 0.448. The van der Waals surface area contributed by atoms with Gasteiger partial charge in [-0.3, -0.25) is 9.59 Å². The molecule has 0 amide bonds. The van der Waals surface area contributed by atoms with Crippen molar-refractivity contribution in [1.82, 2.24) is 4.98 Å². The Morgan fingerprint density at radius 2 is 1.94 bits per heavy atom. The normalized spacial score (nSPS) is 37.5. The van der Waals surface area contributed by atoms with Crippen LogP contribution in [0.25, 0.3) is 6.08 Å². The molecular weight excluding hydrogens is 473 g/mol. The van der Waals surface area contributed by atoms with E-state index in [-0.39, 0.29) is 24.2 Å². The third-order valence-corrected chi connectivity index (χ3v) is 8.43. The predicted octanol–water partition coefficient (Wildman–Crippen LogP) is 4.38. The number of rotatable bonds is 2. The van der Waals surface area contributed by atoms with Gasteiger partial charge in [0.05, 0.1) is 46.5 Å². The van der Waals surface area contributed by atoms with E-state index in [1.165, 1.54) is 17.4 Å². The average molecular weight is 512 g/mol. The largest absolute Gasteiger partial charge is 0.455 e. The second-order valence-corrected chi connectivity index (χ2v) is 12.0. The zero-order valence-corrected chi connectivity index (χ0v) is 22.2. The maximum absolute atomic E-state index is 15.3. The lowest BCUT2D eigenvalue weighted by atomic mass is 9.73. The summed E-state index contributed by atoms with van der Waals surface area (Å²) in [7, 11) is 0. The Kier molecular flexibility index (Phi) is 8.57. The highest BCUT2D eigenvalue weighted by atomic mass is 32.1. The molecule has 0 bridgehead atoms. The molecule has 0 aromatic carbocycles. The number of thiazole rings is 1. The van der Waals surface area contributed by atoms with Crippen molar-refractivity contribution in [3.8, 4) is 0 Å². The van der Waals surface area contributed by atoms with Gasteiger partial charge in [-0.25, -0.2) is 9.37 Å². The Balaban J connectivity index is 1.85. The van der Waals surface area contributed by atoms with Gasteiger partial charge in [0.15, 0.2) is 6.10 Å². The number of hydrogen-bond donors (Lipinski definition) is 2. The molecule has 0 spiro atoms. The Hall–Kier alpha value is -1.68. The molecule has 3 heterocycles. The van der Waals surface area contributed by atoms with Crippen molar-refractivity contribution in [3.05, 3.63) is 21.9 Å². The molecule has 7 nitrogen and oxygen atoms in total. The van der Waals surface area contributed by atoms with Crippen LogP contribution in [-0.2, 0) is 19.1 Å². The van der Waals surface area contributed by atoms with Gasteiger partial charge in [-0.15, -0.1) is 11.3 Å². The Labute approximate surface area is 210 Å². The van der Waals surface area contributed by atoms with Crippen LogP contribution in [0, 0.1) is 24.2 Å². The van der Waals surface area contributed by atoms with Crippen LogP contribution in [0.15, 0.2) is 11.2 Å². The molecule has 35 heavy (non-hydrogen) atoms. The number of carbonyl (C=O) groups is 2. The number of cyclic esters (lactones) is 1. The van der Waals surface area contributed by atoms with Crippen LogP contribution in [0.3, 0.4) is 0 Å². The van der Waals surface area contributed by atoms with Crippen LogP contribution in [0.5, 0.6) is 0 Å². The summed E-state index contributed by atoms with van der Waals surface area (Å²) >= 11 is 1.39. The van der Waals surface area contributed by atoms with E-state index in [0.717, 1.165) is 11.4 Å². The number of esters is 1. The molecule has 0 aliphatic carbocycles. The number of aliphatic hydroxyl groups is 2. The fraction of sp³-hybridized carbons (Fsp3) is 0.731. The molecule has 2 aliphatic heterocycles. The van der Waals surface area contributed by atoms with Crippen molar-refractivity contribution < 1.29 is 33.7 Å². The zero-order valence-electron chi connectivity index (χ0n) is 21.4. The molecule has 1 aromatic heterocycles. The van der Waals surface area contributed by atoms with Crippen molar-refractivity contribution >= 4 is 29.2 Å². The second-order valence-electron chi connectivity index (χ2n) is 10.9. The summed E-state index contributed by atoms with van der Waals surface area (Å²) in [5.41, 5.74) is -1.32. The smallest absolute Gasteiger partial charge is 0.309 e. The van der Waals surface area contributed by atoms with E-state index in [0.29, 0.717) is 18.5 Å². The molecular formula is C26H38FNO6S. The monoisotopic (exact) mass is 511 g/mol. The molecule has 2 unspecified atom stereocenters. The predicted molar refractivity (Wildman–Crippen MR) is 131 cm³/mol. The lowest BCUT2D eigenvalue weighted by Crippen LogP contribution is -2.45. The molecule has 3 rings (SSSR count). The SMILES string of the molecule is Cc1nc(/C=C(\F)C2C[C@H]3OC3(C)CCC[C@H](C)[C@H](O)[C@@H](C)C(=O)C(C)(C)[C@@H](O)CC(=O)O2)cs1. The fourth-order valence-electron chi connectivity index (χ4n) is 4.86. The number of nitrogens with zero attached hydrogens (tertiary/aromatic N) is 1. The van der Waals surface area contributed by atoms with Crippen molar-refractivity contribution in [2.24, 2.45) is 17.3 Å². The highest BCUT2D eigenvalue weighted by Gasteiger charge is 2.53. The van der Waals surface area contributed by atoms with Gasteiger partial charge in [-0.1, -0.05) is 34.1 Å². The molecule has 2 N–H and O–H groups in total. The number of Topliss-reactive ketones (excluding diaryl/α,β-unsaturated/α-hetero) is 1. The summed E-state index contributed by atoms with van der Waals surface area (Å²) in [5.74, 6) is -2.62. The van der Waals surface area contributed by atoms with Gasteiger partial charge in [-0.2, -0.15) is 0 Å². The number of ether oxygens (including phenoxy) is 2. The second kappa shape index (κ2) is 10.7. The fourth-order valence-corrected chi connectivity index (χ4v) is 5.44. The number of aryl methyl sites for hydroxylation is 1. The van der Waals surface area contributed by atoms with E-state index in [4.69, 9.17) is 9.47 Å². The van der Waals surface area contributed by atoms with Gasteiger partial charge in [0.1, 0.15) is 11.6 Å². The maximum atomic E-state index is 15.3. The summed E-state index contributed by atoms with van der Waals surface area (Å²) in [6.07, 6.45) is -0.593. The number of aliphatic hydroxyl groups excluding tert-OH is 2. The molecule has 7 atom stereocenters. The summed E-state index contributed by atoms with van der Waals surface area (Å²) in [4.78, 5) is 30.2. The minimum absolute atomic E-state index is 0.129. The van der Waals surface area contributed by atoms with Gasteiger partial charge < -0.3 is 19.7 Å². The zero-order chi connectivity index (χ0) is 26.1. The lowest BCUT2D eigenvalue weighted by Gasteiger charge is -2.34. The van der Waals surface area contributed by atoms with Crippen molar-refractivity contribution in [2.75, 3.05) is 0 Å². The van der Waals surface area contributed by atoms with Crippen molar-refractivity contribution in [1.29, 1.82) is 0 Å². The molecule has 0 radical (unpaired) electrons. The molecule has 196 valence electrons. The maximum Gasteiger partial charge on any atom is 0.309 e. The molecule has 2 fully saturated rings. The summed E-state index contributed by atoms with van der Waals surface area (Å²) in [6, 6.07) is 0. The van der Waals surface area contributed by atoms with E-state index < -0.39 is 53.5 Å². The highest BCUT2D eigenvalue weighted by Crippen LogP contribution is 2.45. The highest BCUT2D eigenvalue weighted by molar-refractivity contribution is 7.09. The number of epoxide rings is 1. The van der Waals surface area contributed by atoms with Crippen molar-refractivity contribution in [3.63, 3.8) is 0 Å². The number of aromatic nitrogens is 1. The number of hydrogen-bond acceptors (Lipinski definition) is 8. The van der Waals surface area contributed by atoms with Crippen LogP contribution >= 0.6 is 11.3 Å². The average Bonchev–Trinajstić information content (AvgIpc) is 3.22. The first kappa shape index (κ1) is 27.9. The molecule has 0 saturated carbocycles. The molecule has 1 aromatic rings. The van der Waals surface area contributed by atoms with E-state index in [1.807, 2.05) is 20.8 Å². The number of fused-ring (bicyclic) bond motifs is 1. The molecule has 2 saturated heterocycles. The lowest BCUT2D eigenvalue weighted by molar-refractivity contribution is -0.155. The first-order chi connectivity index (χ1) is 16.2. The Bertz CT molecular complexity index is 961. The Morgan fingerprint density at radius 1 is 1.26 bits per heavy atom. The van der Waals surface area contributed by atoms with Crippen LogP contribution in [0.4, 0.5) is 4.39 Å².